The lowest BCUT2D eigenvalue weighted by molar-refractivity contribution is 0.0997. The van der Waals surface area contributed by atoms with Gasteiger partial charge < -0.3 is 0 Å². The Labute approximate surface area is 191 Å². The third-order valence-corrected chi connectivity index (χ3v) is 6.33. The van der Waals surface area contributed by atoms with Crippen LogP contribution in [0.5, 0.6) is 0 Å². The van der Waals surface area contributed by atoms with E-state index in [1.165, 1.54) is 11.3 Å². The van der Waals surface area contributed by atoms with E-state index < -0.39 is 0 Å². The molecule has 5 heteroatoms. The number of carbonyl (C=O) groups is 1. The van der Waals surface area contributed by atoms with E-state index in [4.69, 9.17) is 0 Å². The van der Waals surface area contributed by atoms with E-state index in [1.54, 1.807) is 16.7 Å². The number of nitrogens with zero attached hydrogens (tertiary/aromatic N) is 2. The zero-order valence-corrected chi connectivity index (χ0v) is 19.1. The van der Waals surface area contributed by atoms with Crippen LogP contribution in [-0.2, 0) is 0 Å². The highest BCUT2D eigenvalue weighted by atomic mass is 32.1. The molecule has 0 bridgehead atoms. The van der Waals surface area contributed by atoms with Crippen molar-refractivity contribution in [2.75, 3.05) is 0 Å². The molecule has 0 saturated carbocycles. The van der Waals surface area contributed by atoms with Gasteiger partial charge in [-0.25, -0.2) is 0 Å². The Morgan fingerprint density at radius 3 is 2.28 bits per heavy atom. The summed E-state index contributed by atoms with van der Waals surface area (Å²) in [6, 6.07) is 26.4. The Bertz CT molecular complexity index is 1400. The number of benzene rings is 3. The number of rotatable bonds is 4. The van der Waals surface area contributed by atoms with Crippen LogP contribution in [0.15, 0.2) is 94.7 Å². The van der Waals surface area contributed by atoms with Crippen LogP contribution in [-0.4, -0.2) is 10.5 Å². The molecule has 160 valence electrons. The second-order valence-electron chi connectivity index (χ2n) is 7.88. The third-order valence-electron chi connectivity index (χ3n) is 5.30. The molecule has 0 aliphatic carbocycles. The van der Waals surface area contributed by atoms with Crippen molar-refractivity contribution < 1.29 is 4.79 Å². The van der Waals surface area contributed by atoms with Crippen molar-refractivity contribution >= 4 is 17.2 Å². The first-order valence-corrected chi connectivity index (χ1v) is 11.3. The fraction of sp³-hybridized carbons (Fsp3) is 0.148. The Balaban J connectivity index is 2.02. The molecular weight excluding hydrogens is 416 g/mol. The number of hydrogen-bond donors (Lipinski definition) is 0. The number of amides is 1. The maximum absolute atomic E-state index is 13.4. The number of aromatic nitrogens is 1. The van der Waals surface area contributed by atoms with E-state index in [2.05, 4.69) is 18.8 Å². The van der Waals surface area contributed by atoms with Crippen molar-refractivity contribution in [3.63, 3.8) is 0 Å². The lowest BCUT2D eigenvalue weighted by atomic mass is 10.0. The second-order valence-corrected chi connectivity index (χ2v) is 8.89. The zero-order valence-electron chi connectivity index (χ0n) is 18.3. The standard InChI is InChI=1S/C27H24N2O2S/c1-18(2)21-14-9-10-16-23(21)29-25(30)17-24(20-12-5-4-6-13-20)32-27(29)28-26(31)22-15-8-7-11-19(22)3/h4-18H,1-3H3/b28-27-. The van der Waals surface area contributed by atoms with Crippen molar-refractivity contribution in [1.82, 2.24) is 4.57 Å². The number of para-hydroxylation sites is 1. The van der Waals surface area contributed by atoms with Crippen LogP contribution in [0.1, 0.15) is 41.3 Å². The number of aryl methyl sites for hydroxylation is 1. The van der Waals surface area contributed by atoms with Crippen LogP contribution >= 0.6 is 11.3 Å². The summed E-state index contributed by atoms with van der Waals surface area (Å²) >= 11 is 1.34. The molecule has 3 aromatic carbocycles. The first-order chi connectivity index (χ1) is 15.5. The van der Waals surface area contributed by atoms with Crippen LogP contribution in [0, 0.1) is 6.92 Å². The SMILES string of the molecule is Cc1ccccc1C(=O)/N=c1\sc(-c2ccccc2)cc(=O)n1-c1ccccc1C(C)C. The van der Waals surface area contributed by atoms with Crippen molar-refractivity contribution in [1.29, 1.82) is 0 Å². The average Bonchev–Trinajstić information content (AvgIpc) is 2.79. The molecule has 0 radical (unpaired) electrons. The van der Waals surface area contributed by atoms with Gasteiger partial charge in [-0.3, -0.25) is 14.2 Å². The molecule has 4 aromatic rings. The molecule has 0 spiro atoms. The molecule has 1 heterocycles. The smallest absolute Gasteiger partial charge is 0.269 e. The lowest BCUT2D eigenvalue weighted by Crippen LogP contribution is -2.31. The van der Waals surface area contributed by atoms with E-state index in [0.29, 0.717) is 10.4 Å². The maximum Gasteiger partial charge on any atom is 0.279 e. The fourth-order valence-corrected chi connectivity index (χ4v) is 4.64. The Hall–Kier alpha value is -3.57. The molecular formula is C27H24N2O2S. The van der Waals surface area contributed by atoms with Gasteiger partial charge in [0.2, 0.25) is 4.80 Å². The van der Waals surface area contributed by atoms with E-state index in [9.17, 15) is 9.59 Å². The van der Waals surface area contributed by atoms with Crippen molar-refractivity contribution in [3.05, 3.63) is 117 Å². The van der Waals surface area contributed by atoms with E-state index >= 15 is 0 Å². The highest BCUT2D eigenvalue weighted by molar-refractivity contribution is 7.12. The van der Waals surface area contributed by atoms with Crippen LogP contribution in [0.25, 0.3) is 16.1 Å². The summed E-state index contributed by atoms with van der Waals surface area (Å²) in [5.41, 5.74) is 3.85. The topological polar surface area (TPSA) is 51.4 Å². The van der Waals surface area contributed by atoms with Gasteiger partial charge in [0, 0.05) is 16.5 Å². The molecule has 1 aromatic heterocycles. The molecule has 0 aliphatic heterocycles. The normalized spacial score (nSPS) is 11.7. The summed E-state index contributed by atoms with van der Waals surface area (Å²) in [7, 11) is 0. The molecule has 0 fully saturated rings. The van der Waals surface area contributed by atoms with Gasteiger partial charge in [-0.05, 0) is 41.7 Å². The Morgan fingerprint density at radius 2 is 1.56 bits per heavy atom. The van der Waals surface area contributed by atoms with Crippen LogP contribution in [0.2, 0.25) is 0 Å². The van der Waals surface area contributed by atoms with Gasteiger partial charge in [-0.2, -0.15) is 4.99 Å². The van der Waals surface area contributed by atoms with Crippen molar-refractivity contribution in [2.45, 2.75) is 26.7 Å². The summed E-state index contributed by atoms with van der Waals surface area (Å²) < 4.78 is 1.56. The number of hydrogen-bond acceptors (Lipinski definition) is 3. The molecule has 0 atom stereocenters. The molecule has 1 amide bonds. The van der Waals surface area contributed by atoms with Gasteiger partial charge in [0.05, 0.1) is 5.69 Å². The summed E-state index contributed by atoms with van der Waals surface area (Å²) in [6.45, 7) is 6.05. The molecule has 0 N–H and O–H groups in total. The Morgan fingerprint density at radius 1 is 0.906 bits per heavy atom. The summed E-state index contributed by atoms with van der Waals surface area (Å²) in [4.78, 5) is 32.1. The van der Waals surface area contributed by atoms with Crippen LogP contribution in [0.4, 0.5) is 0 Å². The predicted octanol–water partition coefficient (Wildman–Crippen LogP) is 5.74. The molecule has 4 rings (SSSR count). The van der Waals surface area contributed by atoms with E-state index in [0.717, 1.165) is 27.3 Å². The molecule has 0 saturated heterocycles. The monoisotopic (exact) mass is 440 g/mol. The van der Waals surface area contributed by atoms with E-state index in [-0.39, 0.29) is 17.4 Å². The van der Waals surface area contributed by atoms with Gasteiger partial charge in [-0.1, -0.05) is 91.9 Å². The number of carbonyl (C=O) groups excluding carboxylic acids is 1. The van der Waals surface area contributed by atoms with Gasteiger partial charge in [-0.15, -0.1) is 0 Å². The molecule has 32 heavy (non-hydrogen) atoms. The third kappa shape index (κ3) is 4.39. The van der Waals surface area contributed by atoms with Gasteiger partial charge in [0.15, 0.2) is 0 Å². The minimum Gasteiger partial charge on any atom is -0.269 e. The molecule has 0 unspecified atom stereocenters. The van der Waals surface area contributed by atoms with Gasteiger partial charge >= 0.3 is 0 Å². The van der Waals surface area contributed by atoms with Crippen LogP contribution in [0.3, 0.4) is 0 Å². The Kier molecular flexibility index (Phi) is 6.28. The molecule has 0 aliphatic rings. The van der Waals surface area contributed by atoms with Crippen molar-refractivity contribution in [3.8, 4) is 16.1 Å². The first-order valence-electron chi connectivity index (χ1n) is 10.5. The average molecular weight is 441 g/mol. The van der Waals surface area contributed by atoms with Crippen molar-refractivity contribution in [2.24, 2.45) is 4.99 Å². The second kappa shape index (κ2) is 9.28. The fourth-order valence-electron chi connectivity index (χ4n) is 3.62. The first kappa shape index (κ1) is 21.7. The van der Waals surface area contributed by atoms with Crippen LogP contribution < -0.4 is 10.4 Å². The van der Waals surface area contributed by atoms with Gasteiger partial charge in [0.25, 0.3) is 11.5 Å². The zero-order chi connectivity index (χ0) is 22.7. The summed E-state index contributed by atoms with van der Waals surface area (Å²) in [5, 5.41) is 0. The summed E-state index contributed by atoms with van der Waals surface area (Å²) in [6.07, 6.45) is 0. The highest BCUT2D eigenvalue weighted by Crippen LogP contribution is 2.23. The minimum absolute atomic E-state index is 0.205. The van der Waals surface area contributed by atoms with E-state index in [1.807, 2.05) is 79.7 Å². The molecule has 4 nitrogen and oxygen atoms in total. The minimum atomic E-state index is -0.361. The predicted molar refractivity (Wildman–Crippen MR) is 131 cm³/mol. The van der Waals surface area contributed by atoms with Gasteiger partial charge in [0.1, 0.15) is 0 Å². The highest BCUT2D eigenvalue weighted by Gasteiger charge is 2.15. The maximum atomic E-state index is 13.4. The quantitative estimate of drug-likeness (QED) is 0.406. The summed E-state index contributed by atoms with van der Waals surface area (Å²) in [5.74, 6) is -0.156. The lowest BCUT2D eigenvalue weighted by Gasteiger charge is -2.15. The largest absolute Gasteiger partial charge is 0.279 e.